The van der Waals surface area contributed by atoms with E-state index in [0.717, 1.165) is 29.1 Å². The van der Waals surface area contributed by atoms with Crippen molar-refractivity contribution in [1.82, 2.24) is 4.57 Å². The van der Waals surface area contributed by atoms with Gasteiger partial charge < -0.3 is 14.0 Å². The highest BCUT2D eigenvalue weighted by molar-refractivity contribution is 7.89. The van der Waals surface area contributed by atoms with Crippen LogP contribution in [0.1, 0.15) is 48.8 Å². The molecule has 0 radical (unpaired) electrons. The van der Waals surface area contributed by atoms with E-state index in [1.165, 1.54) is 12.1 Å². The third-order valence-corrected chi connectivity index (χ3v) is 7.19. The number of sulfonamides is 1. The molecule has 2 N–H and O–H groups in total. The van der Waals surface area contributed by atoms with Gasteiger partial charge >= 0.3 is 5.97 Å². The molecule has 0 aliphatic rings. The van der Waals surface area contributed by atoms with E-state index >= 15 is 0 Å². The van der Waals surface area contributed by atoms with Crippen LogP contribution in [0.4, 0.5) is 0 Å². The van der Waals surface area contributed by atoms with Gasteiger partial charge in [0.25, 0.3) is 0 Å². The number of carbonyl (C=O) groups excluding carboxylic acids is 2. The quantitative estimate of drug-likeness (QED) is 0.355. The first-order valence-corrected chi connectivity index (χ1v) is 12.6. The molecular formula is C26H30N2O6S. The molecule has 0 aliphatic carbocycles. The Bertz CT molecular complexity index is 1370. The Kier molecular flexibility index (Phi) is 7.82. The summed E-state index contributed by atoms with van der Waals surface area (Å²) >= 11 is 0. The molecular weight excluding hydrogens is 468 g/mol. The topological polar surface area (TPSA) is 118 Å². The highest BCUT2D eigenvalue weighted by atomic mass is 32.2. The predicted octanol–water partition coefficient (Wildman–Crippen LogP) is 3.66. The summed E-state index contributed by atoms with van der Waals surface area (Å²) in [6.45, 7) is 7.30. The van der Waals surface area contributed by atoms with Crippen molar-refractivity contribution in [1.29, 1.82) is 0 Å². The minimum Gasteiger partial charge on any atom is -0.497 e. The fraction of sp³-hybridized carbons (Fsp3) is 0.308. The number of aromatic nitrogens is 1. The van der Waals surface area contributed by atoms with Crippen LogP contribution in [-0.4, -0.2) is 38.5 Å². The number of ketones is 1. The first kappa shape index (κ1) is 26.2. The van der Waals surface area contributed by atoms with Crippen molar-refractivity contribution in [2.75, 3.05) is 13.7 Å². The van der Waals surface area contributed by atoms with Gasteiger partial charge in [-0.15, -0.1) is 0 Å². The average Bonchev–Trinajstić information content (AvgIpc) is 3.10. The Morgan fingerprint density at radius 1 is 1.00 bits per heavy atom. The zero-order chi connectivity index (χ0) is 25.9. The van der Waals surface area contributed by atoms with Gasteiger partial charge in [0.15, 0.2) is 6.61 Å². The van der Waals surface area contributed by atoms with Crippen molar-refractivity contribution in [3.63, 3.8) is 0 Å². The molecule has 1 heterocycles. The number of esters is 1. The number of aryl methyl sites for hydroxylation is 3. The molecule has 3 rings (SSSR count). The lowest BCUT2D eigenvalue weighted by Crippen LogP contribution is -2.18. The van der Waals surface area contributed by atoms with E-state index in [0.29, 0.717) is 23.2 Å². The van der Waals surface area contributed by atoms with Crippen molar-refractivity contribution < 1.29 is 27.5 Å². The molecule has 8 nitrogen and oxygen atoms in total. The summed E-state index contributed by atoms with van der Waals surface area (Å²) in [5, 5.41) is 5.26. The molecule has 186 valence electrons. The van der Waals surface area contributed by atoms with Gasteiger partial charge in [-0.2, -0.15) is 0 Å². The number of Topliss-reactive ketones (excluding diaryl/α,β-unsaturated/α-hetero) is 1. The normalized spacial score (nSPS) is 11.4. The molecule has 0 unspecified atom stereocenters. The Morgan fingerprint density at radius 3 is 2.26 bits per heavy atom. The minimum absolute atomic E-state index is 0.0230. The molecule has 0 saturated carbocycles. The van der Waals surface area contributed by atoms with Crippen LogP contribution >= 0.6 is 0 Å². The molecule has 9 heteroatoms. The van der Waals surface area contributed by atoms with Crippen molar-refractivity contribution in [3.8, 4) is 5.75 Å². The molecule has 0 fully saturated rings. The summed E-state index contributed by atoms with van der Waals surface area (Å²) in [5.74, 6) is -0.330. The van der Waals surface area contributed by atoms with Gasteiger partial charge in [-0.1, -0.05) is 12.1 Å². The first-order valence-electron chi connectivity index (χ1n) is 11.1. The number of carbonyl (C=O) groups is 2. The monoisotopic (exact) mass is 498 g/mol. The van der Waals surface area contributed by atoms with Crippen LogP contribution in [0.5, 0.6) is 5.75 Å². The SMILES string of the molecule is COc1ccc(CCn2c(C)cc(C(=O)COC(=O)c3cc(C)c(C)c(S(N)(=O)=O)c3)c2C)cc1. The number of benzene rings is 2. The van der Waals surface area contributed by atoms with E-state index in [-0.39, 0.29) is 16.2 Å². The van der Waals surface area contributed by atoms with Gasteiger partial charge in [-0.05, 0) is 81.1 Å². The van der Waals surface area contributed by atoms with Gasteiger partial charge in [0.2, 0.25) is 15.8 Å². The third kappa shape index (κ3) is 5.98. The molecule has 0 aliphatic heterocycles. The van der Waals surface area contributed by atoms with Gasteiger partial charge in [-0.25, -0.2) is 18.4 Å². The Labute approximate surface area is 205 Å². The van der Waals surface area contributed by atoms with E-state index in [9.17, 15) is 18.0 Å². The lowest BCUT2D eigenvalue weighted by molar-refractivity contribution is 0.0474. The molecule has 35 heavy (non-hydrogen) atoms. The van der Waals surface area contributed by atoms with E-state index in [1.807, 2.05) is 38.1 Å². The van der Waals surface area contributed by atoms with Gasteiger partial charge in [-0.3, -0.25) is 4.79 Å². The molecule has 0 bridgehead atoms. The van der Waals surface area contributed by atoms with Gasteiger partial charge in [0.1, 0.15) is 5.75 Å². The molecule has 0 amide bonds. The largest absolute Gasteiger partial charge is 0.497 e. The third-order valence-electron chi connectivity index (χ3n) is 6.15. The zero-order valence-electron chi connectivity index (χ0n) is 20.5. The number of ether oxygens (including phenoxy) is 2. The maximum Gasteiger partial charge on any atom is 0.338 e. The average molecular weight is 499 g/mol. The van der Waals surface area contributed by atoms with Crippen molar-refractivity contribution in [2.45, 2.75) is 45.6 Å². The molecule has 0 spiro atoms. The summed E-state index contributed by atoms with van der Waals surface area (Å²) in [6.07, 6.45) is 0.780. The summed E-state index contributed by atoms with van der Waals surface area (Å²) < 4.78 is 36.1. The number of methoxy groups -OCH3 is 1. The lowest BCUT2D eigenvalue weighted by atomic mass is 10.1. The van der Waals surface area contributed by atoms with E-state index < -0.39 is 22.6 Å². The van der Waals surface area contributed by atoms with Crippen LogP contribution < -0.4 is 9.88 Å². The lowest BCUT2D eigenvalue weighted by Gasteiger charge is -2.11. The van der Waals surface area contributed by atoms with Crippen LogP contribution in [0.3, 0.4) is 0 Å². The molecule has 0 atom stereocenters. The first-order chi connectivity index (χ1) is 16.4. The Morgan fingerprint density at radius 2 is 1.66 bits per heavy atom. The number of hydrogen-bond acceptors (Lipinski definition) is 6. The maximum atomic E-state index is 12.8. The number of nitrogens with zero attached hydrogens (tertiary/aromatic N) is 1. The van der Waals surface area contributed by atoms with Crippen molar-refractivity contribution >= 4 is 21.8 Å². The van der Waals surface area contributed by atoms with E-state index in [2.05, 4.69) is 4.57 Å². The number of hydrogen-bond donors (Lipinski definition) is 1. The summed E-state index contributed by atoms with van der Waals surface area (Å²) in [4.78, 5) is 25.3. The molecule has 3 aromatic rings. The molecule has 0 saturated heterocycles. The van der Waals surface area contributed by atoms with Crippen molar-refractivity contribution in [2.24, 2.45) is 5.14 Å². The second-order valence-electron chi connectivity index (χ2n) is 8.50. The van der Waals surface area contributed by atoms with Crippen LogP contribution in [0.15, 0.2) is 47.4 Å². The van der Waals surface area contributed by atoms with Gasteiger partial charge in [0, 0.05) is 23.5 Å². The predicted molar refractivity (Wildman–Crippen MR) is 133 cm³/mol. The second kappa shape index (κ2) is 10.5. The summed E-state index contributed by atoms with van der Waals surface area (Å²) in [6, 6.07) is 12.3. The fourth-order valence-corrected chi connectivity index (χ4v) is 4.87. The minimum atomic E-state index is -4.01. The van der Waals surface area contributed by atoms with Crippen LogP contribution in [0.25, 0.3) is 0 Å². The summed E-state index contributed by atoms with van der Waals surface area (Å²) in [5.41, 5.74) is 4.41. The molecule has 2 aromatic carbocycles. The number of nitrogens with two attached hydrogens (primary N) is 1. The Hall–Kier alpha value is -3.43. The maximum absolute atomic E-state index is 12.8. The zero-order valence-corrected chi connectivity index (χ0v) is 21.4. The van der Waals surface area contributed by atoms with Crippen LogP contribution in [-0.2, 0) is 27.7 Å². The Balaban J connectivity index is 1.69. The highest BCUT2D eigenvalue weighted by Crippen LogP contribution is 2.22. The van der Waals surface area contributed by atoms with E-state index in [4.69, 9.17) is 14.6 Å². The second-order valence-corrected chi connectivity index (χ2v) is 10.0. The van der Waals surface area contributed by atoms with E-state index in [1.54, 1.807) is 27.0 Å². The van der Waals surface area contributed by atoms with Crippen LogP contribution in [0.2, 0.25) is 0 Å². The van der Waals surface area contributed by atoms with Gasteiger partial charge in [0.05, 0.1) is 17.6 Å². The standard InChI is InChI=1S/C26H30N2O6S/c1-16-12-21(14-25(18(16)3)35(27,31)32)26(30)34-15-24(29)23-13-17(2)28(19(23)4)11-10-20-6-8-22(33-5)9-7-20/h6-9,12-14H,10-11,15H2,1-5H3,(H2,27,31,32). The molecule has 1 aromatic heterocycles. The number of rotatable bonds is 9. The number of primary sulfonamides is 1. The van der Waals surface area contributed by atoms with Crippen molar-refractivity contribution in [3.05, 3.63) is 81.7 Å². The smallest absolute Gasteiger partial charge is 0.338 e. The van der Waals surface area contributed by atoms with Crippen LogP contribution in [0, 0.1) is 27.7 Å². The fourth-order valence-electron chi connectivity index (χ4n) is 3.99. The summed E-state index contributed by atoms with van der Waals surface area (Å²) in [7, 11) is -2.38. The highest BCUT2D eigenvalue weighted by Gasteiger charge is 2.21.